The van der Waals surface area contributed by atoms with Crippen LogP contribution in [0.3, 0.4) is 0 Å². The lowest BCUT2D eigenvalue weighted by Crippen LogP contribution is -2.27. The average Bonchev–Trinajstić information content (AvgIpc) is 3.16. The third-order valence-electron chi connectivity index (χ3n) is 5.87. The molecule has 0 aliphatic carbocycles. The molecule has 0 bridgehead atoms. The van der Waals surface area contributed by atoms with Crippen LogP contribution in [0, 0.1) is 0 Å². The summed E-state index contributed by atoms with van der Waals surface area (Å²) in [6, 6.07) is 24.7. The van der Waals surface area contributed by atoms with Gasteiger partial charge in [0.1, 0.15) is 6.61 Å². The number of fused-ring (bicyclic) bond motifs is 1. The van der Waals surface area contributed by atoms with Crippen molar-refractivity contribution >= 4 is 63.0 Å². The Morgan fingerprint density at radius 3 is 2.38 bits per heavy atom. The summed E-state index contributed by atoms with van der Waals surface area (Å²) in [7, 11) is 1.53. The summed E-state index contributed by atoms with van der Waals surface area (Å²) in [5, 5.41) is 2.88. The molecule has 0 saturated carbocycles. The fourth-order valence-electron chi connectivity index (χ4n) is 4.01. The zero-order valence-corrected chi connectivity index (χ0v) is 22.1. The minimum atomic E-state index is -0.364. The maximum Gasteiger partial charge on any atom is 0.293 e. The fraction of sp³-hybridized carbons (Fsp3) is 0.103. The van der Waals surface area contributed by atoms with E-state index in [1.165, 1.54) is 12.0 Å². The minimum Gasteiger partial charge on any atom is -0.493 e. The Morgan fingerprint density at radius 1 is 0.892 bits per heavy atom. The number of imide groups is 1. The van der Waals surface area contributed by atoms with Crippen LogP contribution >= 0.6 is 35.0 Å². The first kappa shape index (κ1) is 25.2. The third-order valence-corrected chi connectivity index (χ3v) is 7.31. The zero-order valence-electron chi connectivity index (χ0n) is 19.7. The molecule has 5 nitrogen and oxygen atoms in total. The van der Waals surface area contributed by atoms with Crippen LogP contribution in [-0.4, -0.2) is 23.2 Å². The number of halogens is 2. The van der Waals surface area contributed by atoms with Crippen LogP contribution in [0.5, 0.6) is 11.5 Å². The molecule has 1 aliphatic heterocycles. The standard InChI is InChI=1S/C29H21Cl2NO4S/c1-35-25-14-20(15-26-28(33)32(29(34)37-26)16-18-7-10-23(30)11-8-18)13-24(31)27(25)36-17-19-6-9-21-4-2-3-5-22(21)12-19/h2-15H,16-17H2,1H3/b26-15-. The third kappa shape index (κ3) is 5.62. The van der Waals surface area contributed by atoms with Crippen molar-refractivity contribution in [2.24, 2.45) is 0 Å². The van der Waals surface area contributed by atoms with E-state index < -0.39 is 0 Å². The van der Waals surface area contributed by atoms with E-state index in [0.29, 0.717) is 38.6 Å². The number of amides is 2. The van der Waals surface area contributed by atoms with Crippen LogP contribution in [0.2, 0.25) is 10.0 Å². The van der Waals surface area contributed by atoms with Gasteiger partial charge < -0.3 is 9.47 Å². The van der Waals surface area contributed by atoms with Crippen LogP contribution in [0.4, 0.5) is 4.79 Å². The van der Waals surface area contributed by atoms with E-state index in [0.717, 1.165) is 33.7 Å². The van der Waals surface area contributed by atoms with Gasteiger partial charge in [-0.2, -0.15) is 0 Å². The predicted octanol–water partition coefficient (Wildman–Crippen LogP) is 7.97. The first-order valence-corrected chi connectivity index (χ1v) is 13.0. The second kappa shape index (κ2) is 10.9. The Kier molecular flexibility index (Phi) is 7.42. The largest absolute Gasteiger partial charge is 0.493 e. The number of ether oxygens (including phenoxy) is 2. The Hall–Kier alpha value is -3.45. The lowest BCUT2D eigenvalue weighted by atomic mass is 10.1. The number of carbonyl (C=O) groups excluding carboxylic acids is 2. The molecule has 0 radical (unpaired) electrons. The Bertz CT molecular complexity index is 1540. The van der Waals surface area contributed by atoms with Crippen molar-refractivity contribution in [1.29, 1.82) is 0 Å². The van der Waals surface area contributed by atoms with Gasteiger partial charge in [-0.25, -0.2) is 0 Å². The van der Waals surface area contributed by atoms with Gasteiger partial charge in [0.15, 0.2) is 11.5 Å². The second-order valence-electron chi connectivity index (χ2n) is 8.40. The van der Waals surface area contributed by atoms with Gasteiger partial charge in [-0.1, -0.05) is 71.7 Å². The summed E-state index contributed by atoms with van der Waals surface area (Å²) in [6.07, 6.45) is 1.63. The number of benzene rings is 4. The highest BCUT2D eigenvalue weighted by Crippen LogP contribution is 2.39. The fourth-order valence-corrected chi connectivity index (χ4v) is 5.25. The van der Waals surface area contributed by atoms with Gasteiger partial charge >= 0.3 is 0 Å². The van der Waals surface area contributed by atoms with Crippen molar-refractivity contribution in [3.63, 3.8) is 0 Å². The first-order chi connectivity index (χ1) is 17.9. The van der Waals surface area contributed by atoms with E-state index in [-0.39, 0.29) is 17.7 Å². The number of methoxy groups -OCH3 is 1. The van der Waals surface area contributed by atoms with Crippen LogP contribution in [0.25, 0.3) is 16.8 Å². The number of thioether (sulfide) groups is 1. The van der Waals surface area contributed by atoms with E-state index in [4.69, 9.17) is 32.7 Å². The topological polar surface area (TPSA) is 55.8 Å². The molecule has 5 rings (SSSR count). The van der Waals surface area contributed by atoms with Crippen LogP contribution < -0.4 is 9.47 Å². The number of carbonyl (C=O) groups is 2. The summed E-state index contributed by atoms with van der Waals surface area (Å²) >= 11 is 13.4. The summed E-state index contributed by atoms with van der Waals surface area (Å²) in [5.41, 5.74) is 2.43. The molecule has 1 saturated heterocycles. The van der Waals surface area contributed by atoms with Crippen molar-refractivity contribution in [2.45, 2.75) is 13.2 Å². The number of rotatable bonds is 7. The van der Waals surface area contributed by atoms with E-state index in [2.05, 4.69) is 24.3 Å². The molecule has 0 atom stereocenters. The van der Waals surface area contributed by atoms with Crippen LogP contribution in [-0.2, 0) is 17.9 Å². The molecule has 1 heterocycles. The van der Waals surface area contributed by atoms with Gasteiger partial charge in [0.05, 0.1) is 23.6 Å². The molecule has 8 heteroatoms. The zero-order chi connectivity index (χ0) is 25.9. The maximum absolute atomic E-state index is 13.0. The predicted molar refractivity (Wildman–Crippen MR) is 149 cm³/mol. The van der Waals surface area contributed by atoms with E-state index in [1.807, 2.05) is 18.2 Å². The van der Waals surface area contributed by atoms with Crippen molar-refractivity contribution in [3.8, 4) is 11.5 Å². The lowest BCUT2D eigenvalue weighted by Gasteiger charge is -2.14. The molecule has 1 fully saturated rings. The molecule has 37 heavy (non-hydrogen) atoms. The van der Waals surface area contributed by atoms with E-state index in [9.17, 15) is 9.59 Å². The maximum atomic E-state index is 13.0. The summed E-state index contributed by atoms with van der Waals surface area (Å²) in [6.45, 7) is 0.481. The van der Waals surface area contributed by atoms with Crippen LogP contribution in [0.15, 0.2) is 83.8 Å². The van der Waals surface area contributed by atoms with Gasteiger partial charge in [0.25, 0.3) is 11.1 Å². The SMILES string of the molecule is COc1cc(/C=C2\SC(=O)N(Cc3ccc(Cl)cc3)C2=O)cc(Cl)c1OCc1ccc2ccccc2c1. The van der Waals surface area contributed by atoms with Gasteiger partial charge in [-0.05, 0) is 75.6 Å². The van der Waals surface area contributed by atoms with Crippen molar-refractivity contribution in [1.82, 2.24) is 4.90 Å². The summed E-state index contributed by atoms with van der Waals surface area (Å²) < 4.78 is 11.6. The van der Waals surface area contributed by atoms with Crippen molar-refractivity contribution < 1.29 is 19.1 Å². The highest BCUT2D eigenvalue weighted by molar-refractivity contribution is 8.18. The second-order valence-corrected chi connectivity index (χ2v) is 10.2. The van der Waals surface area contributed by atoms with E-state index in [1.54, 1.807) is 42.5 Å². The number of nitrogens with zero attached hydrogens (tertiary/aromatic N) is 1. The molecule has 186 valence electrons. The van der Waals surface area contributed by atoms with Crippen LogP contribution in [0.1, 0.15) is 16.7 Å². The molecule has 0 N–H and O–H groups in total. The first-order valence-electron chi connectivity index (χ1n) is 11.4. The van der Waals surface area contributed by atoms with Crippen molar-refractivity contribution in [3.05, 3.63) is 111 Å². The van der Waals surface area contributed by atoms with Gasteiger partial charge in [-0.15, -0.1) is 0 Å². The molecule has 0 aromatic heterocycles. The molecule has 4 aromatic rings. The molecule has 2 amide bonds. The Morgan fingerprint density at radius 2 is 1.62 bits per heavy atom. The molecule has 0 unspecified atom stereocenters. The molecular formula is C29H21Cl2NO4S. The highest BCUT2D eigenvalue weighted by atomic mass is 35.5. The highest BCUT2D eigenvalue weighted by Gasteiger charge is 2.35. The van der Waals surface area contributed by atoms with Crippen molar-refractivity contribution in [2.75, 3.05) is 7.11 Å². The molecular weight excluding hydrogens is 529 g/mol. The summed E-state index contributed by atoms with van der Waals surface area (Å²) in [5.74, 6) is 0.474. The smallest absolute Gasteiger partial charge is 0.293 e. The average molecular weight is 550 g/mol. The van der Waals surface area contributed by atoms with Gasteiger partial charge in [0, 0.05) is 5.02 Å². The molecule has 4 aromatic carbocycles. The van der Waals surface area contributed by atoms with Gasteiger partial charge in [0.2, 0.25) is 0 Å². The quantitative estimate of drug-likeness (QED) is 0.219. The summed E-state index contributed by atoms with van der Waals surface area (Å²) in [4.78, 5) is 27.0. The van der Waals surface area contributed by atoms with E-state index >= 15 is 0 Å². The normalized spacial score (nSPS) is 14.6. The molecule has 0 spiro atoms. The molecule has 1 aliphatic rings. The van der Waals surface area contributed by atoms with Gasteiger partial charge in [-0.3, -0.25) is 14.5 Å². The minimum absolute atomic E-state index is 0.171. The lowest BCUT2D eigenvalue weighted by molar-refractivity contribution is -0.123. The number of hydrogen-bond donors (Lipinski definition) is 0. The monoisotopic (exact) mass is 549 g/mol. The Labute approximate surface area is 228 Å². The number of hydrogen-bond acceptors (Lipinski definition) is 5. The Balaban J connectivity index is 1.33.